The number of rotatable bonds is 9. The third-order valence-corrected chi connectivity index (χ3v) is 4.66. The van der Waals surface area contributed by atoms with Gasteiger partial charge in [-0.1, -0.05) is 23.2 Å². The van der Waals surface area contributed by atoms with Crippen LogP contribution in [0.1, 0.15) is 6.92 Å². The number of hydrogen-bond acceptors (Lipinski definition) is 8. The molecule has 2 rings (SSSR count). The van der Waals surface area contributed by atoms with Crippen molar-refractivity contribution in [2.24, 2.45) is 10.2 Å². The highest BCUT2D eigenvalue weighted by Gasteiger charge is 2.26. The van der Waals surface area contributed by atoms with E-state index < -0.39 is 17.7 Å². The van der Waals surface area contributed by atoms with Crippen molar-refractivity contribution < 1.29 is 28.5 Å². The summed E-state index contributed by atoms with van der Waals surface area (Å²) < 4.78 is 20.7. The minimum absolute atomic E-state index is 0.157. The number of carbonyl (C=O) groups excluding carboxylic acids is 2. The number of nitrogens with one attached hydrogen (secondary N) is 1. The highest BCUT2D eigenvalue weighted by atomic mass is 35.5. The lowest BCUT2D eigenvalue weighted by molar-refractivity contribution is -0.126. The normalized spacial score (nSPS) is 11.7. The molecule has 0 saturated carbocycles. The summed E-state index contributed by atoms with van der Waals surface area (Å²) >= 11 is 12.4. The third kappa shape index (κ3) is 5.77. The van der Waals surface area contributed by atoms with Crippen LogP contribution < -0.4 is 24.3 Å². The van der Waals surface area contributed by atoms with Gasteiger partial charge < -0.3 is 24.3 Å². The van der Waals surface area contributed by atoms with Gasteiger partial charge in [0.15, 0.2) is 11.5 Å². The molecule has 1 N–H and O–H groups in total. The molecule has 0 heterocycles. The van der Waals surface area contributed by atoms with Crippen molar-refractivity contribution in [2.75, 3.05) is 33.8 Å². The van der Waals surface area contributed by atoms with Gasteiger partial charge >= 0.3 is 0 Å². The molecule has 2 aromatic rings. The fraction of sp³-hybridized carbons (Fsp3) is 0.300. The molecule has 0 aromatic heterocycles. The van der Waals surface area contributed by atoms with E-state index in [0.717, 1.165) is 0 Å². The first-order valence-corrected chi connectivity index (χ1v) is 9.56. The van der Waals surface area contributed by atoms with Crippen LogP contribution in [-0.4, -0.2) is 46.2 Å². The van der Waals surface area contributed by atoms with Crippen LogP contribution in [0.5, 0.6) is 23.0 Å². The molecule has 1 unspecified atom stereocenters. The van der Waals surface area contributed by atoms with E-state index in [1.165, 1.54) is 59.6 Å². The average Bonchev–Trinajstić information content (AvgIpc) is 2.74. The Morgan fingerprint density at radius 1 is 0.903 bits per heavy atom. The SMILES string of the molecule is COc1cc(Cl)c(OC)c(N=NC(C(C)=O)C(=O)Nc2c(Cl)cc(OC)cc2OC)c1. The number of benzene rings is 2. The Kier molecular flexibility index (Phi) is 8.47. The second-order valence-corrected chi connectivity index (χ2v) is 6.88. The summed E-state index contributed by atoms with van der Waals surface area (Å²) in [5, 5.41) is 10.8. The van der Waals surface area contributed by atoms with E-state index in [-0.39, 0.29) is 32.9 Å². The maximum absolute atomic E-state index is 12.8. The van der Waals surface area contributed by atoms with Crippen molar-refractivity contribution in [3.63, 3.8) is 0 Å². The van der Waals surface area contributed by atoms with Crippen LogP contribution in [-0.2, 0) is 9.59 Å². The van der Waals surface area contributed by atoms with Gasteiger partial charge in [0.05, 0.1) is 38.5 Å². The zero-order valence-electron chi connectivity index (χ0n) is 17.5. The predicted octanol–water partition coefficient (Wildman–Crippen LogP) is 4.71. The van der Waals surface area contributed by atoms with Crippen LogP contribution in [0.3, 0.4) is 0 Å². The van der Waals surface area contributed by atoms with Gasteiger partial charge in [0.2, 0.25) is 6.04 Å². The fourth-order valence-corrected chi connectivity index (χ4v) is 3.07. The van der Waals surface area contributed by atoms with Gasteiger partial charge in [-0.25, -0.2) is 0 Å². The highest BCUT2D eigenvalue weighted by Crippen LogP contribution is 2.40. The molecule has 31 heavy (non-hydrogen) atoms. The molecule has 0 aliphatic carbocycles. The van der Waals surface area contributed by atoms with Crippen molar-refractivity contribution in [3.05, 3.63) is 34.3 Å². The summed E-state index contributed by atoms with van der Waals surface area (Å²) in [5.41, 5.74) is 0.351. The first-order chi connectivity index (χ1) is 14.7. The van der Waals surface area contributed by atoms with E-state index in [1.54, 1.807) is 0 Å². The summed E-state index contributed by atoms with van der Waals surface area (Å²) in [4.78, 5) is 24.9. The van der Waals surface area contributed by atoms with Crippen LogP contribution in [0.4, 0.5) is 11.4 Å². The summed E-state index contributed by atoms with van der Waals surface area (Å²) in [5.74, 6) is 0.00218. The van der Waals surface area contributed by atoms with Crippen molar-refractivity contribution in [3.8, 4) is 23.0 Å². The predicted molar refractivity (Wildman–Crippen MR) is 117 cm³/mol. The lowest BCUT2D eigenvalue weighted by Gasteiger charge is -2.15. The molecule has 0 aliphatic heterocycles. The minimum Gasteiger partial charge on any atom is -0.497 e. The number of halogens is 2. The highest BCUT2D eigenvalue weighted by molar-refractivity contribution is 6.34. The molecular weight excluding hydrogens is 449 g/mol. The Hall–Kier alpha value is -3.04. The topological polar surface area (TPSA) is 108 Å². The van der Waals surface area contributed by atoms with Crippen LogP contribution in [0, 0.1) is 0 Å². The molecule has 1 amide bonds. The largest absolute Gasteiger partial charge is 0.497 e. The van der Waals surface area contributed by atoms with Crippen LogP contribution in [0.25, 0.3) is 0 Å². The quantitative estimate of drug-likeness (QED) is 0.420. The zero-order chi connectivity index (χ0) is 23.1. The monoisotopic (exact) mass is 469 g/mol. The summed E-state index contributed by atoms with van der Waals surface area (Å²) in [6, 6.07) is 4.61. The Labute approximate surface area is 189 Å². The average molecular weight is 470 g/mol. The van der Waals surface area contributed by atoms with Gasteiger partial charge in [-0.3, -0.25) is 9.59 Å². The number of ketones is 1. The van der Waals surface area contributed by atoms with Crippen molar-refractivity contribution >= 4 is 46.3 Å². The smallest absolute Gasteiger partial charge is 0.258 e. The van der Waals surface area contributed by atoms with Gasteiger partial charge in [-0.05, 0) is 6.92 Å². The Bertz CT molecular complexity index is 1010. The molecular formula is C20H21Cl2N3O6. The summed E-state index contributed by atoms with van der Waals surface area (Å²) in [6.07, 6.45) is 0. The van der Waals surface area contributed by atoms with Gasteiger partial charge in [-0.15, -0.1) is 0 Å². The van der Waals surface area contributed by atoms with Gasteiger partial charge in [0.25, 0.3) is 5.91 Å². The van der Waals surface area contributed by atoms with E-state index in [0.29, 0.717) is 11.5 Å². The van der Waals surface area contributed by atoms with Gasteiger partial charge in [0.1, 0.15) is 28.6 Å². The molecule has 0 saturated heterocycles. The van der Waals surface area contributed by atoms with Gasteiger partial charge in [-0.2, -0.15) is 10.2 Å². The number of carbonyl (C=O) groups is 2. The first kappa shape index (κ1) is 24.2. The van der Waals surface area contributed by atoms with E-state index in [1.807, 2.05) is 0 Å². The zero-order valence-corrected chi connectivity index (χ0v) is 19.0. The van der Waals surface area contributed by atoms with Crippen molar-refractivity contribution in [1.82, 2.24) is 0 Å². The standard InChI is InChI=1S/C20H21Cl2N3O6/c1-10(26)17(25-24-15-8-11(28-2)7-14(22)19(15)31-5)20(27)23-18-13(21)6-12(29-3)9-16(18)30-4/h6-9,17H,1-5H3,(H,23,27). The molecule has 11 heteroatoms. The number of amides is 1. The molecule has 0 bridgehead atoms. The number of methoxy groups -OCH3 is 4. The molecule has 9 nitrogen and oxygen atoms in total. The van der Waals surface area contributed by atoms with E-state index >= 15 is 0 Å². The van der Waals surface area contributed by atoms with Gasteiger partial charge in [0, 0.05) is 24.3 Å². The second kappa shape index (κ2) is 10.8. The lowest BCUT2D eigenvalue weighted by atomic mass is 10.2. The third-order valence-electron chi connectivity index (χ3n) is 4.08. The van der Waals surface area contributed by atoms with Crippen LogP contribution in [0.15, 0.2) is 34.5 Å². The Morgan fingerprint density at radius 2 is 1.52 bits per heavy atom. The maximum atomic E-state index is 12.8. The van der Waals surface area contributed by atoms with Crippen molar-refractivity contribution in [2.45, 2.75) is 13.0 Å². The lowest BCUT2D eigenvalue weighted by Crippen LogP contribution is -2.32. The number of hydrogen-bond donors (Lipinski definition) is 1. The number of anilines is 1. The van der Waals surface area contributed by atoms with E-state index in [2.05, 4.69) is 15.5 Å². The summed E-state index contributed by atoms with van der Waals surface area (Å²) in [7, 11) is 5.73. The molecule has 1 atom stereocenters. The number of ether oxygens (including phenoxy) is 4. The minimum atomic E-state index is -1.46. The van der Waals surface area contributed by atoms with Crippen LogP contribution in [0.2, 0.25) is 10.0 Å². The Balaban J connectivity index is 2.37. The van der Waals surface area contributed by atoms with E-state index in [4.69, 9.17) is 42.1 Å². The molecule has 166 valence electrons. The number of Topliss-reactive ketones (excluding diaryl/α,β-unsaturated/α-hetero) is 1. The molecule has 0 aliphatic rings. The van der Waals surface area contributed by atoms with Crippen LogP contribution >= 0.6 is 23.2 Å². The van der Waals surface area contributed by atoms with Crippen molar-refractivity contribution in [1.29, 1.82) is 0 Å². The maximum Gasteiger partial charge on any atom is 0.258 e. The molecule has 0 fully saturated rings. The molecule has 0 spiro atoms. The van der Waals surface area contributed by atoms with E-state index in [9.17, 15) is 9.59 Å². The first-order valence-electron chi connectivity index (χ1n) is 8.80. The number of nitrogens with zero attached hydrogens (tertiary/aromatic N) is 2. The molecule has 2 aromatic carbocycles. The fourth-order valence-electron chi connectivity index (χ4n) is 2.54. The number of azo groups is 1. The Morgan fingerprint density at radius 3 is 2.06 bits per heavy atom. The summed E-state index contributed by atoms with van der Waals surface area (Å²) in [6.45, 7) is 1.21. The second-order valence-electron chi connectivity index (χ2n) is 6.07. The molecule has 0 radical (unpaired) electrons.